The molecular weight excluding hydrogens is 358 g/mol. The van der Waals surface area contributed by atoms with Crippen molar-refractivity contribution in [1.82, 2.24) is 0 Å². The maximum absolute atomic E-state index is 2.34. The van der Waals surface area contributed by atoms with Gasteiger partial charge in [0.2, 0.25) is 6.71 Å². The van der Waals surface area contributed by atoms with Crippen LogP contribution < -0.4 is 16.4 Å². The summed E-state index contributed by atoms with van der Waals surface area (Å²) in [4.78, 5) is 0. The van der Waals surface area contributed by atoms with Gasteiger partial charge < -0.3 is 0 Å². The second-order valence-electron chi connectivity index (χ2n) is 8.87. The molecule has 145 valence electrons. The summed E-state index contributed by atoms with van der Waals surface area (Å²) in [6.07, 6.45) is 0. The Kier molecular flexibility index (Phi) is 7.66. The molecule has 0 saturated heterocycles. The summed E-state index contributed by atoms with van der Waals surface area (Å²) in [6.45, 7) is 20.5. The first-order valence-electron chi connectivity index (χ1n) is 10.3. The molecule has 0 N–H and O–H groups in total. The van der Waals surface area contributed by atoms with Crippen molar-refractivity contribution in [1.29, 1.82) is 0 Å². The first-order chi connectivity index (χ1) is 13.1. The van der Waals surface area contributed by atoms with E-state index >= 15 is 0 Å². The van der Waals surface area contributed by atoms with Gasteiger partial charge in [0.25, 0.3) is 0 Å². The molecule has 3 aromatic carbocycles. The third-order valence-corrected chi connectivity index (χ3v) is 6.08. The monoisotopic (exact) mass is 391 g/mol. The minimum atomic E-state index is 0. The molecule has 2 heteroatoms. The fourth-order valence-electron chi connectivity index (χ4n) is 5.37. The van der Waals surface area contributed by atoms with E-state index in [0.29, 0.717) is 0 Å². The number of hydrogen-bond acceptors (Lipinski definition) is 0. The van der Waals surface area contributed by atoms with Crippen LogP contribution >= 0.6 is 0 Å². The van der Waals surface area contributed by atoms with Crippen LogP contribution in [0.15, 0.2) is 36.4 Å². The summed E-state index contributed by atoms with van der Waals surface area (Å²) in [5.41, 5.74) is 16.8. The molecule has 0 amide bonds. The van der Waals surface area contributed by atoms with E-state index in [9.17, 15) is 0 Å². The van der Waals surface area contributed by atoms with E-state index in [1.165, 1.54) is 66.5 Å². The van der Waals surface area contributed by atoms with Crippen LogP contribution in [0.4, 0.5) is 0 Å². The van der Waals surface area contributed by atoms with Crippen LogP contribution in [0.3, 0.4) is 0 Å². The van der Waals surface area contributed by atoms with Crippen molar-refractivity contribution in [3.8, 4) is 0 Å². The van der Waals surface area contributed by atoms with E-state index in [1.54, 1.807) is 0 Å². The van der Waals surface area contributed by atoms with E-state index in [-0.39, 0.29) is 36.3 Å². The molecular formula is C27H33BNa. The van der Waals surface area contributed by atoms with Crippen LogP contribution in [0.5, 0.6) is 0 Å². The van der Waals surface area contributed by atoms with E-state index in [1.807, 2.05) is 0 Å². The zero-order chi connectivity index (χ0) is 20.7. The van der Waals surface area contributed by atoms with E-state index in [2.05, 4.69) is 98.7 Å². The molecule has 0 aliphatic heterocycles. The van der Waals surface area contributed by atoms with Crippen LogP contribution in [0.1, 0.15) is 50.1 Å². The Morgan fingerprint density at radius 1 is 0.379 bits per heavy atom. The molecule has 0 aliphatic carbocycles. The topological polar surface area (TPSA) is 0 Å². The zero-order valence-electron chi connectivity index (χ0n) is 20.0. The Morgan fingerprint density at radius 3 is 0.724 bits per heavy atom. The van der Waals surface area contributed by atoms with Crippen LogP contribution in [-0.4, -0.2) is 36.3 Å². The minimum absolute atomic E-state index is 0. The van der Waals surface area contributed by atoms with E-state index in [0.717, 1.165) is 0 Å². The van der Waals surface area contributed by atoms with Gasteiger partial charge in [0.05, 0.1) is 0 Å². The van der Waals surface area contributed by atoms with Crippen molar-refractivity contribution >= 4 is 52.7 Å². The van der Waals surface area contributed by atoms with Crippen molar-refractivity contribution in [2.45, 2.75) is 62.3 Å². The maximum atomic E-state index is 2.34. The maximum Gasteiger partial charge on any atom is 0.243 e. The minimum Gasteiger partial charge on any atom is -0.0629 e. The molecule has 0 saturated carbocycles. The first kappa shape index (κ1) is 24.0. The summed E-state index contributed by atoms with van der Waals surface area (Å²) >= 11 is 0. The van der Waals surface area contributed by atoms with Crippen molar-refractivity contribution in [2.75, 3.05) is 0 Å². The summed E-state index contributed by atoms with van der Waals surface area (Å²) in [5.74, 6) is 0. The zero-order valence-corrected chi connectivity index (χ0v) is 22.0. The van der Waals surface area contributed by atoms with Gasteiger partial charge in [-0.15, -0.1) is 0 Å². The van der Waals surface area contributed by atoms with Crippen molar-refractivity contribution in [3.63, 3.8) is 0 Å². The third kappa shape index (κ3) is 4.74. The normalized spacial score (nSPS) is 10.7. The van der Waals surface area contributed by atoms with Crippen LogP contribution in [-0.2, 0) is 0 Å². The largest absolute Gasteiger partial charge is 0.243 e. The quantitative estimate of drug-likeness (QED) is 0.573. The van der Waals surface area contributed by atoms with Crippen LogP contribution in [0, 0.1) is 62.3 Å². The summed E-state index contributed by atoms with van der Waals surface area (Å²) in [7, 11) is 0. The fraction of sp³-hybridized carbons (Fsp3) is 0.333. The van der Waals surface area contributed by atoms with Crippen molar-refractivity contribution < 1.29 is 0 Å². The second kappa shape index (κ2) is 9.25. The van der Waals surface area contributed by atoms with Crippen LogP contribution in [0.25, 0.3) is 0 Å². The van der Waals surface area contributed by atoms with Gasteiger partial charge in [-0.05, 0) is 62.3 Å². The molecule has 0 atom stereocenters. The molecule has 29 heavy (non-hydrogen) atoms. The second-order valence-corrected chi connectivity index (χ2v) is 8.87. The summed E-state index contributed by atoms with van der Waals surface area (Å²) in [5, 5.41) is 0. The molecule has 0 bridgehead atoms. The van der Waals surface area contributed by atoms with Crippen LogP contribution in [0.2, 0.25) is 0 Å². The third-order valence-electron chi connectivity index (χ3n) is 6.08. The number of rotatable bonds is 3. The Morgan fingerprint density at radius 2 is 0.552 bits per heavy atom. The Bertz CT molecular complexity index is 856. The molecule has 0 unspecified atom stereocenters. The van der Waals surface area contributed by atoms with Gasteiger partial charge in [-0.1, -0.05) is 103 Å². The Balaban J connectivity index is 0.00000300. The molecule has 0 spiro atoms. The predicted molar refractivity (Wildman–Crippen MR) is 132 cm³/mol. The van der Waals surface area contributed by atoms with Gasteiger partial charge in [-0.2, -0.15) is 0 Å². The van der Waals surface area contributed by atoms with Crippen molar-refractivity contribution in [3.05, 3.63) is 86.5 Å². The van der Waals surface area contributed by atoms with Gasteiger partial charge >= 0.3 is 0 Å². The SMILES string of the molecule is Cc1cc(C)c(B(c2c(C)cc(C)cc2C)c2c(C)cc(C)cc2C)c(C)c1.[Na]. The number of hydrogen-bond donors (Lipinski definition) is 0. The smallest absolute Gasteiger partial charge is 0.0629 e. The number of aryl methyl sites for hydroxylation is 9. The summed E-state index contributed by atoms with van der Waals surface area (Å²) < 4.78 is 0. The van der Waals surface area contributed by atoms with Crippen molar-refractivity contribution in [2.24, 2.45) is 0 Å². The molecule has 3 aromatic rings. The molecule has 0 nitrogen and oxygen atoms in total. The molecule has 0 aliphatic rings. The molecule has 0 fully saturated rings. The molecule has 1 radical (unpaired) electrons. The fourth-order valence-corrected chi connectivity index (χ4v) is 5.37. The molecule has 0 aromatic heterocycles. The number of benzene rings is 3. The van der Waals surface area contributed by atoms with Gasteiger partial charge in [0.15, 0.2) is 0 Å². The van der Waals surface area contributed by atoms with Gasteiger partial charge in [-0.3, -0.25) is 0 Å². The summed E-state index contributed by atoms with van der Waals surface area (Å²) in [6, 6.07) is 14.0. The van der Waals surface area contributed by atoms with Gasteiger partial charge in [-0.25, -0.2) is 0 Å². The van der Waals surface area contributed by atoms with Gasteiger partial charge in [0.1, 0.15) is 0 Å². The van der Waals surface area contributed by atoms with E-state index < -0.39 is 0 Å². The molecule has 0 heterocycles. The Labute approximate surface area is 200 Å². The standard InChI is InChI=1S/C27H33B.Na/c1-16-10-19(4)25(20(5)11-16)28(26-21(6)12-17(2)13-22(26)7)27-23(8)14-18(3)15-24(27)9;/h10-15H,1-9H3;. The van der Waals surface area contributed by atoms with Gasteiger partial charge in [0, 0.05) is 29.6 Å². The molecule has 3 rings (SSSR count). The van der Waals surface area contributed by atoms with E-state index in [4.69, 9.17) is 0 Å². The first-order valence-corrected chi connectivity index (χ1v) is 10.3. The average Bonchev–Trinajstić information content (AvgIpc) is 2.51. The Hall–Kier alpha value is -1.28. The average molecular weight is 391 g/mol. The predicted octanol–water partition coefficient (Wildman–Crippen LogP) is 4.60.